The highest BCUT2D eigenvalue weighted by Gasteiger charge is 2.24. The molecule has 1 saturated heterocycles. The van der Waals surface area contributed by atoms with E-state index in [1.54, 1.807) is 49.4 Å². The Morgan fingerprint density at radius 1 is 1.32 bits per heavy atom. The number of carboxylic acids is 1. The molecule has 0 radical (unpaired) electrons. The third-order valence-corrected chi connectivity index (χ3v) is 4.68. The van der Waals surface area contributed by atoms with Crippen molar-refractivity contribution in [2.45, 2.75) is 19.4 Å². The molecule has 1 fully saturated rings. The predicted octanol–water partition coefficient (Wildman–Crippen LogP) is 3.96. The zero-order valence-corrected chi connectivity index (χ0v) is 15.7. The molecule has 8 heteroatoms. The summed E-state index contributed by atoms with van der Waals surface area (Å²) >= 11 is 1.14. The lowest BCUT2D eigenvalue weighted by Crippen LogP contribution is -2.25. The summed E-state index contributed by atoms with van der Waals surface area (Å²) in [5.41, 5.74) is 1.08. The van der Waals surface area contributed by atoms with E-state index in [0.717, 1.165) is 11.8 Å². The van der Waals surface area contributed by atoms with Crippen LogP contribution < -0.4 is 10.1 Å². The molecule has 0 aromatic heterocycles. The Balaban J connectivity index is 1.77. The molecule has 1 amide bonds. The van der Waals surface area contributed by atoms with Crippen molar-refractivity contribution in [2.24, 2.45) is 4.99 Å². The number of rotatable bonds is 6. The van der Waals surface area contributed by atoms with Crippen LogP contribution in [0.3, 0.4) is 0 Å². The minimum Gasteiger partial charge on any atom is -0.479 e. The Morgan fingerprint density at radius 2 is 2.11 bits per heavy atom. The normalized spacial score (nSPS) is 17.6. The van der Waals surface area contributed by atoms with Crippen LogP contribution in [0.15, 0.2) is 58.4 Å². The molecule has 3 rings (SSSR count). The van der Waals surface area contributed by atoms with Crippen molar-refractivity contribution in [1.29, 1.82) is 0 Å². The first kappa shape index (κ1) is 19.6. The van der Waals surface area contributed by atoms with Crippen LogP contribution in [-0.2, 0) is 9.59 Å². The summed E-state index contributed by atoms with van der Waals surface area (Å²) in [6, 6.07) is 12.6. The fourth-order valence-corrected chi connectivity index (χ4v) is 3.29. The van der Waals surface area contributed by atoms with Crippen LogP contribution in [0.4, 0.5) is 10.1 Å². The Morgan fingerprint density at radius 3 is 2.82 bits per heavy atom. The number of hydrogen-bond acceptors (Lipinski definition) is 5. The second-order valence-corrected chi connectivity index (χ2v) is 6.92. The lowest BCUT2D eigenvalue weighted by Gasteiger charge is -2.13. The highest BCUT2D eigenvalue weighted by molar-refractivity contribution is 8.18. The summed E-state index contributed by atoms with van der Waals surface area (Å²) in [5.74, 6) is -1.35. The SMILES string of the molecule is CCC(Oc1cccc(/C=C2/SC(=Nc3cccc(F)c3)NC2=O)c1)C(=O)O. The van der Waals surface area contributed by atoms with Crippen molar-refractivity contribution < 1.29 is 23.8 Å². The molecule has 1 aliphatic heterocycles. The van der Waals surface area contributed by atoms with Gasteiger partial charge in [0.15, 0.2) is 11.3 Å². The highest BCUT2D eigenvalue weighted by atomic mass is 32.2. The average Bonchev–Trinajstić information content (AvgIpc) is 2.98. The van der Waals surface area contributed by atoms with Crippen molar-refractivity contribution in [3.63, 3.8) is 0 Å². The summed E-state index contributed by atoms with van der Waals surface area (Å²) in [6.07, 6.45) is 1.05. The smallest absolute Gasteiger partial charge is 0.344 e. The van der Waals surface area contributed by atoms with Crippen LogP contribution >= 0.6 is 11.8 Å². The van der Waals surface area contributed by atoms with Gasteiger partial charge in [-0.3, -0.25) is 4.79 Å². The second-order valence-electron chi connectivity index (χ2n) is 5.89. The van der Waals surface area contributed by atoms with Crippen LogP contribution in [0, 0.1) is 5.82 Å². The van der Waals surface area contributed by atoms with E-state index in [2.05, 4.69) is 10.3 Å². The van der Waals surface area contributed by atoms with Crippen molar-refractivity contribution in [1.82, 2.24) is 5.32 Å². The number of amides is 1. The molecule has 28 heavy (non-hydrogen) atoms. The molecule has 0 aliphatic carbocycles. The highest BCUT2D eigenvalue weighted by Crippen LogP contribution is 2.29. The van der Waals surface area contributed by atoms with Gasteiger partial charge in [0.1, 0.15) is 11.6 Å². The molecule has 1 unspecified atom stereocenters. The lowest BCUT2D eigenvalue weighted by molar-refractivity contribution is -0.145. The van der Waals surface area contributed by atoms with Gasteiger partial charge in [0.2, 0.25) is 0 Å². The van der Waals surface area contributed by atoms with Gasteiger partial charge in [-0.25, -0.2) is 14.2 Å². The van der Waals surface area contributed by atoms with Gasteiger partial charge in [0, 0.05) is 0 Å². The number of hydrogen-bond donors (Lipinski definition) is 2. The number of aliphatic carboxylic acids is 1. The number of carbonyl (C=O) groups is 2. The number of nitrogens with one attached hydrogen (secondary N) is 1. The number of aliphatic imine (C=N–C) groups is 1. The predicted molar refractivity (Wildman–Crippen MR) is 106 cm³/mol. The topological polar surface area (TPSA) is 88.0 Å². The van der Waals surface area contributed by atoms with Crippen molar-refractivity contribution in [3.8, 4) is 5.75 Å². The molecular formula is C20H17FN2O4S. The van der Waals surface area contributed by atoms with Crippen molar-refractivity contribution in [3.05, 3.63) is 64.8 Å². The van der Waals surface area contributed by atoms with E-state index < -0.39 is 17.9 Å². The fraction of sp³-hybridized carbons (Fsp3) is 0.150. The maximum Gasteiger partial charge on any atom is 0.344 e. The first-order valence-electron chi connectivity index (χ1n) is 8.49. The Kier molecular flexibility index (Phi) is 6.10. The number of thioether (sulfide) groups is 1. The third-order valence-electron chi connectivity index (χ3n) is 3.77. The number of amidine groups is 1. The van der Waals surface area contributed by atoms with Crippen molar-refractivity contribution >= 4 is 40.6 Å². The van der Waals surface area contributed by atoms with E-state index in [4.69, 9.17) is 9.84 Å². The summed E-state index contributed by atoms with van der Waals surface area (Å²) in [4.78, 5) is 27.9. The summed E-state index contributed by atoms with van der Waals surface area (Å²) in [7, 11) is 0. The minimum absolute atomic E-state index is 0.316. The van der Waals surface area contributed by atoms with Crippen LogP contribution in [-0.4, -0.2) is 28.3 Å². The van der Waals surface area contributed by atoms with Gasteiger partial charge in [-0.05, 0) is 60.2 Å². The number of halogens is 1. The van der Waals surface area contributed by atoms with E-state index in [9.17, 15) is 14.0 Å². The number of benzene rings is 2. The third kappa shape index (κ3) is 4.98. The maximum absolute atomic E-state index is 13.3. The lowest BCUT2D eigenvalue weighted by atomic mass is 10.2. The van der Waals surface area contributed by atoms with E-state index in [0.29, 0.717) is 33.5 Å². The van der Waals surface area contributed by atoms with Gasteiger partial charge >= 0.3 is 5.97 Å². The molecule has 0 spiro atoms. The minimum atomic E-state index is -1.03. The molecule has 144 valence electrons. The van der Waals surface area contributed by atoms with Crippen LogP contribution in [0.1, 0.15) is 18.9 Å². The molecular weight excluding hydrogens is 383 g/mol. The number of nitrogens with zero attached hydrogens (tertiary/aromatic N) is 1. The monoisotopic (exact) mass is 400 g/mol. The van der Waals surface area contributed by atoms with Crippen LogP contribution in [0.25, 0.3) is 6.08 Å². The first-order valence-corrected chi connectivity index (χ1v) is 9.31. The van der Waals surface area contributed by atoms with Crippen LogP contribution in [0.2, 0.25) is 0 Å². The van der Waals surface area contributed by atoms with Crippen LogP contribution in [0.5, 0.6) is 5.75 Å². The molecule has 1 aliphatic rings. The number of ether oxygens (including phenoxy) is 1. The van der Waals surface area contributed by atoms with Gasteiger partial charge < -0.3 is 15.2 Å². The summed E-state index contributed by atoms with van der Waals surface area (Å²) in [6.45, 7) is 1.73. The summed E-state index contributed by atoms with van der Waals surface area (Å²) in [5, 5.41) is 12.1. The Hall–Kier alpha value is -3.13. The van der Waals surface area contributed by atoms with Gasteiger partial charge in [0.05, 0.1) is 10.6 Å². The average molecular weight is 400 g/mol. The Labute approximate surface area is 165 Å². The van der Waals surface area contributed by atoms with E-state index in [1.807, 2.05) is 0 Å². The largest absolute Gasteiger partial charge is 0.479 e. The molecule has 0 bridgehead atoms. The quantitative estimate of drug-likeness (QED) is 0.717. The molecule has 1 heterocycles. The van der Waals surface area contributed by atoms with Gasteiger partial charge in [0.25, 0.3) is 5.91 Å². The molecule has 1 atom stereocenters. The van der Waals surface area contributed by atoms with Gasteiger partial charge in [-0.1, -0.05) is 25.1 Å². The van der Waals surface area contributed by atoms with E-state index >= 15 is 0 Å². The zero-order chi connectivity index (χ0) is 20.1. The zero-order valence-electron chi connectivity index (χ0n) is 14.9. The standard InChI is InChI=1S/C20H17FN2O4S/c1-2-16(19(25)26)27-15-8-3-5-12(9-15)10-17-18(24)23-20(28-17)22-14-7-4-6-13(21)11-14/h3-11,16H,2H2,1H3,(H,25,26)(H,22,23,24)/b17-10+. The maximum atomic E-state index is 13.3. The molecule has 2 aromatic carbocycles. The number of carbonyl (C=O) groups excluding carboxylic acids is 1. The van der Waals surface area contributed by atoms with E-state index in [1.165, 1.54) is 12.1 Å². The van der Waals surface area contributed by atoms with Gasteiger partial charge in [-0.2, -0.15) is 0 Å². The Bertz CT molecular complexity index is 974. The summed E-state index contributed by atoms with van der Waals surface area (Å²) < 4.78 is 18.7. The molecule has 2 N–H and O–H groups in total. The first-order chi connectivity index (χ1) is 13.4. The molecule has 0 saturated carbocycles. The number of carboxylic acid groups (broad SMARTS) is 1. The second kappa shape index (κ2) is 8.71. The van der Waals surface area contributed by atoms with Gasteiger partial charge in [-0.15, -0.1) is 0 Å². The molecule has 6 nitrogen and oxygen atoms in total. The fourth-order valence-electron chi connectivity index (χ4n) is 2.45. The molecule has 2 aromatic rings. The van der Waals surface area contributed by atoms with Crippen molar-refractivity contribution in [2.75, 3.05) is 0 Å². The van der Waals surface area contributed by atoms with E-state index in [-0.39, 0.29) is 5.91 Å².